The number of oxime groups is 1. The van der Waals surface area contributed by atoms with Crippen molar-refractivity contribution < 1.29 is 14.0 Å². The third kappa shape index (κ3) is 6.54. The van der Waals surface area contributed by atoms with Gasteiger partial charge in [0.25, 0.3) is 0 Å². The van der Waals surface area contributed by atoms with Crippen LogP contribution in [0.4, 0.5) is 10.2 Å². The highest BCUT2D eigenvalue weighted by Gasteiger charge is 2.33. The average molecular weight is 483 g/mol. The van der Waals surface area contributed by atoms with Crippen LogP contribution in [0.15, 0.2) is 41.8 Å². The predicted molar refractivity (Wildman–Crippen MR) is 133 cm³/mol. The molecule has 0 saturated carbocycles. The van der Waals surface area contributed by atoms with E-state index in [1.54, 1.807) is 18.5 Å². The van der Waals surface area contributed by atoms with Crippen molar-refractivity contribution in [1.29, 1.82) is 0 Å². The first-order chi connectivity index (χ1) is 16.9. The van der Waals surface area contributed by atoms with Gasteiger partial charge in [-0.2, -0.15) is 0 Å². The molecule has 2 aromatic rings. The molecule has 0 radical (unpaired) electrons. The second-order valence-electron chi connectivity index (χ2n) is 9.70. The molecule has 0 aromatic carbocycles. The lowest BCUT2D eigenvalue weighted by atomic mass is 9.88. The van der Waals surface area contributed by atoms with E-state index in [9.17, 15) is 9.18 Å². The fourth-order valence-corrected chi connectivity index (χ4v) is 4.87. The van der Waals surface area contributed by atoms with Crippen molar-refractivity contribution in [2.45, 2.75) is 52.2 Å². The van der Waals surface area contributed by atoms with E-state index in [4.69, 9.17) is 10.6 Å². The molecule has 188 valence electrons. The number of pyridine rings is 2. The van der Waals surface area contributed by atoms with Gasteiger partial charge in [-0.25, -0.2) is 9.37 Å². The molecular weight excluding hydrogens is 447 g/mol. The Morgan fingerprint density at radius 1 is 1.11 bits per heavy atom. The van der Waals surface area contributed by atoms with Gasteiger partial charge in [-0.15, -0.1) is 0 Å². The summed E-state index contributed by atoms with van der Waals surface area (Å²) in [6, 6.07) is 6.85. The van der Waals surface area contributed by atoms with Crippen molar-refractivity contribution in [3.63, 3.8) is 0 Å². The standard InChI is InChI=1S/C26H35FN6O2/c1-18(2)35-31-24(25-22(27)4-3-10-30-25)20-8-14-33(15-9-20)26(34)21-6-12-32(13-7-21)17-19-5-11-29-23(28)16-19/h3-5,10-11,16,18,20-21H,6-9,12-15,17H2,1-2H3,(H2,28,29)/b31-24+. The summed E-state index contributed by atoms with van der Waals surface area (Å²) in [5, 5.41) is 4.28. The molecule has 4 heterocycles. The maximum atomic E-state index is 14.5. The van der Waals surface area contributed by atoms with Gasteiger partial charge in [0, 0.05) is 43.9 Å². The van der Waals surface area contributed by atoms with Crippen LogP contribution in [0.1, 0.15) is 50.8 Å². The number of hydrogen-bond acceptors (Lipinski definition) is 7. The molecule has 0 bridgehead atoms. The number of halogens is 1. The van der Waals surface area contributed by atoms with Crippen molar-refractivity contribution in [3.8, 4) is 0 Å². The average Bonchev–Trinajstić information content (AvgIpc) is 2.85. The molecule has 8 nitrogen and oxygen atoms in total. The third-order valence-electron chi connectivity index (χ3n) is 6.74. The highest BCUT2D eigenvalue weighted by molar-refractivity contribution is 6.00. The van der Waals surface area contributed by atoms with E-state index in [0.717, 1.165) is 38.0 Å². The Morgan fingerprint density at radius 2 is 1.83 bits per heavy atom. The van der Waals surface area contributed by atoms with Gasteiger partial charge in [-0.3, -0.25) is 14.7 Å². The Balaban J connectivity index is 1.31. The van der Waals surface area contributed by atoms with Crippen LogP contribution < -0.4 is 5.73 Å². The number of nitrogens with two attached hydrogens (primary N) is 1. The van der Waals surface area contributed by atoms with Crippen LogP contribution in [-0.4, -0.2) is 63.7 Å². The smallest absolute Gasteiger partial charge is 0.225 e. The molecule has 35 heavy (non-hydrogen) atoms. The Labute approximate surface area is 206 Å². The SMILES string of the molecule is CC(C)O/N=C(/c1ncccc1F)C1CCN(C(=O)C2CCN(Cc3ccnc(N)c3)CC2)CC1. The topological polar surface area (TPSA) is 96.9 Å². The van der Waals surface area contributed by atoms with Gasteiger partial charge < -0.3 is 15.5 Å². The maximum absolute atomic E-state index is 14.5. The molecule has 0 unspecified atom stereocenters. The summed E-state index contributed by atoms with van der Waals surface area (Å²) in [7, 11) is 0. The predicted octanol–water partition coefficient (Wildman–Crippen LogP) is 3.48. The Kier molecular flexibility index (Phi) is 8.28. The number of carbonyl (C=O) groups excluding carboxylic acids is 1. The van der Waals surface area contributed by atoms with Crippen molar-refractivity contribution in [2.75, 3.05) is 31.9 Å². The second-order valence-corrected chi connectivity index (χ2v) is 9.70. The number of rotatable bonds is 7. The first-order valence-corrected chi connectivity index (χ1v) is 12.5. The van der Waals surface area contributed by atoms with E-state index in [1.165, 1.54) is 6.07 Å². The third-order valence-corrected chi connectivity index (χ3v) is 6.74. The first kappa shape index (κ1) is 25.0. The molecule has 0 atom stereocenters. The molecule has 0 aliphatic carbocycles. The van der Waals surface area contributed by atoms with Crippen LogP contribution in [0.2, 0.25) is 0 Å². The number of likely N-dealkylation sites (tertiary alicyclic amines) is 2. The number of nitrogens with zero attached hydrogens (tertiary/aromatic N) is 5. The summed E-state index contributed by atoms with van der Waals surface area (Å²) < 4.78 is 14.5. The van der Waals surface area contributed by atoms with Crippen molar-refractivity contribution in [2.24, 2.45) is 17.0 Å². The van der Waals surface area contributed by atoms with Crippen LogP contribution in [0.25, 0.3) is 0 Å². The van der Waals surface area contributed by atoms with Crippen molar-refractivity contribution >= 4 is 17.4 Å². The van der Waals surface area contributed by atoms with E-state index < -0.39 is 5.82 Å². The highest BCUT2D eigenvalue weighted by Crippen LogP contribution is 2.27. The number of carbonyl (C=O) groups is 1. The highest BCUT2D eigenvalue weighted by atomic mass is 19.1. The summed E-state index contributed by atoms with van der Waals surface area (Å²) in [5.74, 6) is 0.411. The molecule has 2 fully saturated rings. The van der Waals surface area contributed by atoms with Crippen LogP contribution in [0, 0.1) is 17.7 Å². The van der Waals surface area contributed by atoms with Gasteiger partial charge in [-0.05, 0) is 82.4 Å². The van der Waals surface area contributed by atoms with Gasteiger partial charge >= 0.3 is 0 Å². The zero-order valence-corrected chi connectivity index (χ0v) is 20.6. The fourth-order valence-electron chi connectivity index (χ4n) is 4.87. The summed E-state index contributed by atoms with van der Waals surface area (Å²) in [6.07, 6.45) is 6.32. The number of amides is 1. The van der Waals surface area contributed by atoms with E-state index in [0.29, 0.717) is 37.5 Å². The molecule has 1 amide bonds. The number of anilines is 1. The van der Waals surface area contributed by atoms with Crippen LogP contribution in [0.5, 0.6) is 0 Å². The molecule has 2 aliphatic rings. The van der Waals surface area contributed by atoms with E-state index in [1.807, 2.05) is 30.9 Å². The maximum Gasteiger partial charge on any atom is 0.225 e. The molecular formula is C26H35FN6O2. The van der Waals surface area contributed by atoms with Crippen LogP contribution in [0.3, 0.4) is 0 Å². The largest absolute Gasteiger partial charge is 0.393 e. The number of nitrogen functional groups attached to an aromatic ring is 1. The minimum Gasteiger partial charge on any atom is -0.393 e. The molecule has 9 heteroatoms. The molecule has 2 saturated heterocycles. The summed E-state index contributed by atoms with van der Waals surface area (Å²) >= 11 is 0. The minimum atomic E-state index is -0.404. The lowest BCUT2D eigenvalue weighted by Crippen LogP contribution is -2.46. The Morgan fingerprint density at radius 3 is 2.49 bits per heavy atom. The molecule has 2 aliphatic heterocycles. The summed E-state index contributed by atoms with van der Waals surface area (Å²) in [5.41, 5.74) is 7.71. The molecule has 4 rings (SSSR count). The van der Waals surface area contributed by atoms with Crippen molar-refractivity contribution in [3.05, 3.63) is 53.7 Å². The molecule has 0 spiro atoms. The summed E-state index contributed by atoms with van der Waals surface area (Å²) in [4.78, 5) is 31.3. The lowest BCUT2D eigenvalue weighted by molar-refractivity contribution is -0.138. The normalized spacial score (nSPS) is 18.7. The van der Waals surface area contributed by atoms with Crippen LogP contribution >= 0.6 is 0 Å². The van der Waals surface area contributed by atoms with Crippen molar-refractivity contribution in [1.82, 2.24) is 19.8 Å². The quantitative estimate of drug-likeness (QED) is 0.479. The first-order valence-electron chi connectivity index (χ1n) is 12.5. The van der Waals surface area contributed by atoms with Gasteiger partial charge in [-0.1, -0.05) is 5.16 Å². The minimum absolute atomic E-state index is 0.00292. The van der Waals surface area contributed by atoms with Gasteiger partial charge in [0.05, 0.1) is 0 Å². The fraction of sp³-hybridized carbons (Fsp3) is 0.538. The molecule has 2 aromatic heterocycles. The van der Waals surface area contributed by atoms with Gasteiger partial charge in [0.1, 0.15) is 23.3 Å². The number of hydrogen-bond donors (Lipinski definition) is 1. The number of piperidine rings is 2. The Hall–Kier alpha value is -3.07. The summed E-state index contributed by atoms with van der Waals surface area (Å²) in [6.45, 7) is 7.63. The van der Waals surface area contributed by atoms with E-state index >= 15 is 0 Å². The molecule has 2 N–H and O–H groups in total. The Bertz CT molecular complexity index is 1030. The second kappa shape index (κ2) is 11.6. The van der Waals surface area contributed by atoms with Crippen LogP contribution in [-0.2, 0) is 16.2 Å². The zero-order chi connectivity index (χ0) is 24.8. The van der Waals surface area contributed by atoms with E-state index in [-0.39, 0.29) is 29.5 Å². The van der Waals surface area contributed by atoms with Gasteiger partial charge in [0.15, 0.2) is 5.82 Å². The van der Waals surface area contributed by atoms with Gasteiger partial charge in [0.2, 0.25) is 5.91 Å². The lowest BCUT2D eigenvalue weighted by Gasteiger charge is -2.37. The zero-order valence-electron chi connectivity index (χ0n) is 20.6. The van der Waals surface area contributed by atoms with E-state index in [2.05, 4.69) is 20.0 Å². The monoisotopic (exact) mass is 482 g/mol. The number of aromatic nitrogens is 2.